The maximum atomic E-state index is 13.9. The molecule has 8 heteroatoms. The van der Waals surface area contributed by atoms with E-state index in [1.807, 2.05) is 0 Å². The van der Waals surface area contributed by atoms with Crippen LogP contribution in [0.3, 0.4) is 0 Å². The minimum Gasteiger partial charge on any atom is -0.322 e. The lowest BCUT2D eigenvalue weighted by molar-refractivity contribution is -0.120. The van der Waals surface area contributed by atoms with Crippen molar-refractivity contribution in [3.05, 3.63) is 89.0 Å². The number of carbonyl (C=O) groups is 2. The van der Waals surface area contributed by atoms with Crippen LogP contribution in [0, 0.1) is 11.6 Å². The highest BCUT2D eigenvalue weighted by atomic mass is 35.5. The average molecular weight is 440 g/mol. The van der Waals surface area contributed by atoms with Crippen LogP contribution in [0.1, 0.15) is 12.0 Å². The van der Waals surface area contributed by atoms with E-state index in [0.717, 1.165) is 17.7 Å². The van der Waals surface area contributed by atoms with Crippen LogP contribution in [0.2, 0.25) is 5.02 Å². The zero-order valence-corrected chi connectivity index (χ0v) is 16.9. The summed E-state index contributed by atoms with van der Waals surface area (Å²) in [5.41, 5.74) is 2.11. The Morgan fingerprint density at radius 1 is 1.06 bits per heavy atom. The number of rotatable bonds is 4. The molecule has 0 bridgehead atoms. The quantitative estimate of drug-likeness (QED) is 0.613. The Morgan fingerprint density at radius 2 is 1.81 bits per heavy atom. The predicted molar refractivity (Wildman–Crippen MR) is 116 cm³/mol. The fourth-order valence-electron chi connectivity index (χ4n) is 3.25. The number of nitrogens with one attached hydrogen (secondary N) is 1. The highest BCUT2D eigenvalue weighted by molar-refractivity contribution is 6.30. The van der Waals surface area contributed by atoms with Crippen molar-refractivity contribution in [2.75, 3.05) is 16.8 Å². The lowest BCUT2D eigenvalue weighted by atomic mass is 10.1. The Morgan fingerprint density at radius 3 is 2.55 bits per heavy atom. The zero-order chi connectivity index (χ0) is 22.0. The molecular formula is C23H16ClF2N3O2. The number of benzene rings is 3. The van der Waals surface area contributed by atoms with Crippen LogP contribution < -0.4 is 10.2 Å². The van der Waals surface area contributed by atoms with E-state index in [-0.39, 0.29) is 24.6 Å². The maximum Gasteiger partial charge on any atom is 0.244 e. The smallest absolute Gasteiger partial charge is 0.244 e. The Kier molecular flexibility index (Phi) is 5.77. The van der Waals surface area contributed by atoms with E-state index in [1.54, 1.807) is 48.5 Å². The zero-order valence-electron chi connectivity index (χ0n) is 16.1. The Hall–Kier alpha value is -3.58. The van der Waals surface area contributed by atoms with E-state index in [9.17, 15) is 18.4 Å². The van der Waals surface area contributed by atoms with Gasteiger partial charge in [0.25, 0.3) is 0 Å². The molecule has 0 aliphatic carbocycles. The molecule has 0 aromatic heterocycles. The predicted octanol–water partition coefficient (Wildman–Crippen LogP) is 5.11. The molecule has 5 nitrogen and oxygen atoms in total. The number of halogens is 3. The molecule has 1 aliphatic rings. The summed E-state index contributed by atoms with van der Waals surface area (Å²) in [6, 6.07) is 16.8. The van der Waals surface area contributed by atoms with Gasteiger partial charge in [0.15, 0.2) is 0 Å². The second kappa shape index (κ2) is 8.65. The van der Waals surface area contributed by atoms with Crippen LogP contribution in [0.15, 0.2) is 71.7 Å². The second-order valence-corrected chi connectivity index (χ2v) is 7.32. The fraction of sp³-hybridized carbons (Fsp3) is 0.0870. The highest BCUT2D eigenvalue weighted by Crippen LogP contribution is 2.33. The summed E-state index contributed by atoms with van der Waals surface area (Å²) < 4.78 is 27.0. The molecule has 1 aliphatic heterocycles. The molecule has 4 rings (SSSR count). The number of anilines is 2. The van der Waals surface area contributed by atoms with Gasteiger partial charge in [-0.2, -0.15) is 0 Å². The summed E-state index contributed by atoms with van der Waals surface area (Å²) in [7, 11) is 0. The summed E-state index contributed by atoms with van der Waals surface area (Å²) >= 11 is 5.95. The van der Waals surface area contributed by atoms with Crippen molar-refractivity contribution in [1.29, 1.82) is 0 Å². The molecular weight excluding hydrogens is 424 g/mol. The Labute approximate surface area is 182 Å². The van der Waals surface area contributed by atoms with Gasteiger partial charge in [-0.3, -0.25) is 14.6 Å². The minimum absolute atomic E-state index is 0.0332. The third-order valence-electron chi connectivity index (χ3n) is 4.73. The summed E-state index contributed by atoms with van der Waals surface area (Å²) in [6.07, 6.45) is -0.0332. The largest absolute Gasteiger partial charge is 0.322 e. The molecule has 3 aromatic rings. The first-order valence-electron chi connectivity index (χ1n) is 9.38. The maximum absolute atomic E-state index is 13.9. The van der Waals surface area contributed by atoms with Gasteiger partial charge in [-0.15, -0.1) is 0 Å². The van der Waals surface area contributed by atoms with Gasteiger partial charge in [0.1, 0.15) is 18.2 Å². The van der Waals surface area contributed by atoms with E-state index in [4.69, 9.17) is 11.6 Å². The lowest BCUT2D eigenvalue weighted by Gasteiger charge is -2.22. The van der Waals surface area contributed by atoms with Crippen molar-refractivity contribution in [3.8, 4) is 0 Å². The first kappa shape index (κ1) is 20.7. The molecule has 31 heavy (non-hydrogen) atoms. The summed E-state index contributed by atoms with van der Waals surface area (Å²) in [4.78, 5) is 31.5. The van der Waals surface area contributed by atoms with E-state index in [1.165, 1.54) is 4.90 Å². The molecule has 0 atom stereocenters. The second-order valence-electron chi connectivity index (χ2n) is 6.88. The molecule has 0 saturated heterocycles. The monoisotopic (exact) mass is 439 g/mol. The van der Waals surface area contributed by atoms with Crippen molar-refractivity contribution in [2.45, 2.75) is 6.42 Å². The summed E-state index contributed by atoms with van der Waals surface area (Å²) in [5.74, 6) is -2.61. The molecule has 0 radical (unpaired) electrons. The van der Waals surface area contributed by atoms with E-state index in [2.05, 4.69) is 10.3 Å². The number of hydrogen-bond donors (Lipinski definition) is 1. The van der Waals surface area contributed by atoms with Crippen LogP contribution in [0.4, 0.5) is 25.8 Å². The van der Waals surface area contributed by atoms with Gasteiger partial charge >= 0.3 is 0 Å². The molecule has 2 amide bonds. The molecule has 1 N–H and O–H groups in total. The van der Waals surface area contributed by atoms with Gasteiger partial charge in [0.05, 0.1) is 29.2 Å². The summed E-state index contributed by atoms with van der Waals surface area (Å²) in [5, 5.41) is 2.94. The van der Waals surface area contributed by atoms with Crippen molar-refractivity contribution in [1.82, 2.24) is 0 Å². The van der Waals surface area contributed by atoms with Crippen LogP contribution >= 0.6 is 11.6 Å². The van der Waals surface area contributed by atoms with Gasteiger partial charge in [-0.25, -0.2) is 8.78 Å². The van der Waals surface area contributed by atoms with Gasteiger partial charge in [0, 0.05) is 11.1 Å². The number of para-hydroxylation sites is 2. The van der Waals surface area contributed by atoms with Crippen LogP contribution in [0.5, 0.6) is 0 Å². The number of hydrogen-bond acceptors (Lipinski definition) is 3. The van der Waals surface area contributed by atoms with Crippen LogP contribution in [-0.2, 0) is 9.59 Å². The molecule has 0 fully saturated rings. The fourth-order valence-corrected chi connectivity index (χ4v) is 3.38. The molecule has 0 spiro atoms. The average Bonchev–Trinajstić information content (AvgIpc) is 2.87. The molecule has 0 saturated carbocycles. The lowest BCUT2D eigenvalue weighted by Crippen LogP contribution is -2.38. The van der Waals surface area contributed by atoms with E-state index in [0.29, 0.717) is 28.2 Å². The van der Waals surface area contributed by atoms with E-state index >= 15 is 0 Å². The highest BCUT2D eigenvalue weighted by Gasteiger charge is 2.26. The van der Waals surface area contributed by atoms with Crippen molar-refractivity contribution in [2.24, 2.45) is 4.99 Å². The molecule has 0 unspecified atom stereocenters. The van der Waals surface area contributed by atoms with Crippen LogP contribution in [0.25, 0.3) is 0 Å². The van der Waals surface area contributed by atoms with Gasteiger partial charge in [-0.1, -0.05) is 35.9 Å². The first-order valence-corrected chi connectivity index (χ1v) is 9.76. The number of nitrogens with zero attached hydrogens (tertiary/aromatic N) is 2. The van der Waals surface area contributed by atoms with Gasteiger partial charge < -0.3 is 10.2 Å². The molecule has 156 valence electrons. The SMILES string of the molecule is O=C(CN1C(=O)CC(c2ccc(Cl)cc2)=Nc2ccccc21)Nc1ccc(F)cc1F. The Bertz CT molecular complexity index is 1200. The summed E-state index contributed by atoms with van der Waals surface area (Å²) in [6.45, 7) is -0.351. The third-order valence-corrected chi connectivity index (χ3v) is 4.98. The van der Waals surface area contributed by atoms with Crippen LogP contribution in [-0.4, -0.2) is 24.1 Å². The van der Waals surface area contributed by atoms with Crippen molar-refractivity contribution >= 4 is 46.2 Å². The van der Waals surface area contributed by atoms with E-state index < -0.39 is 17.5 Å². The third kappa shape index (κ3) is 4.62. The van der Waals surface area contributed by atoms with Crippen molar-refractivity contribution in [3.63, 3.8) is 0 Å². The normalized spacial score (nSPS) is 13.3. The number of aliphatic imine (C=N–C) groups is 1. The molecule has 1 heterocycles. The first-order chi connectivity index (χ1) is 14.9. The number of fused-ring (bicyclic) bond motifs is 1. The van der Waals surface area contributed by atoms with Gasteiger partial charge in [-0.05, 0) is 42.0 Å². The topological polar surface area (TPSA) is 61.8 Å². The van der Waals surface area contributed by atoms with Gasteiger partial charge in [0.2, 0.25) is 11.8 Å². The minimum atomic E-state index is -0.899. The Balaban J connectivity index is 1.60. The molecule has 3 aromatic carbocycles. The number of carbonyl (C=O) groups excluding carboxylic acids is 2. The standard InChI is InChI=1S/C23H16ClF2N3O2/c24-15-7-5-14(6-8-15)20-12-23(31)29(21-4-2-1-3-19(21)27-20)13-22(30)28-18-10-9-16(25)11-17(18)26/h1-11H,12-13H2,(H,28,30). The van der Waals surface area contributed by atoms with Crippen molar-refractivity contribution < 1.29 is 18.4 Å². The number of amides is 2.